The van der Waals surface area contributed by atoms with E-state index in [2.05, 4.69) is 44.6 Å². The van der Waals surface area contributed by atoms with E-state index < -0.39 is 0 Å². The molecular formula is C11H16BrN3S. The summed E-state index contributed by atoms with van der Waals surface area (Å²) in [6, 6.07) is 0. The summed E-state index contributed by atoms with van der Waals surface area (Å²) in [4.78, 5) is 11.1. The van der Waals surface area contributed by atoms with Crippen molar-refractivity contribution < 1.29 is 0 Å². The Kier molecular flexibility index (Phi) is 3.74. The third-order valence-electron chi connectivity index (χ3n) is 2.55. The highest BCUT2D eigenvalue weighted by molar-refractivity contribution is 9.08. The first-order chi connectivity index (χ1) is 7.61. The molecule has 2 rings (SSSR count). The Labute approximate surface area is 109 Å². The molecule has 0 amide bonds. The van der Waals surface area contributed by atoms with Crippen LogP contribution in [0.4, 0.5) is 5.95 Å². The lowest BCUT2D eigenvalue weighted by molar-refractivity contribution is 0.635. The van der Waals surface area contributed by atoms with E-state index in [1.807, 2.05) is 24.2 Å². The van der Waals surface area contributed by atoms with E-state index in [1.54, 1.807) is 0 Å². The van der Waals surface area contributed by atoms with Crippen molar-refractivity contribution in [2.75, 3.05) is 23.7 Å². The standard InChI is InChI=1S/C11H16BrN3S/c1-11(2)8-15(3-4-16-11)10-13-6-9(5-12)7-14-10/h6-7H,3-5,8H2,1-2H3. The topological polar surface area (TPSA) is 29.0 Å². The Morgan fingerprint density at radius 3 is 2.69 bits per heavy atom. The lowest BCUT2D eigenvalue weighted by atomic mass is 10.2. The van der Waals surface area contributed by atoms with Crippen molar-refractivity contribution in [3.05, 3.63) is 18.0 Å². The van der Waals surface area contributed by atoms with Gasteiger partial charge in [-0.15, -0.1) is 0 Å². The number of rotatable bonds is 2. The molecule has 1 aromatic heterocycles. The Morgan fingerprint density at radius 2 is 2.12 bits per heavy atom. The molecule has 2 heterocycles. The minimum Gasteiger partial charge on any atom is -0.339 e. The third-order valence-corrected chi connectivity index (χ3v) is 4.50. The van der Waals surface area contributed by atoms with Gasteiger partial charge in [-0.2, -0.15) is 11.8 Å². The van der Waals surface area contributed by atoms with E-state index in [1.165, 1.54) is 0 Å². The van der Waals surface area contributed by atoms with Crippen LogP contribution >= 0.6 is 27.7 Å². The molecule has 3 nitrogen and oxygen atoms in total. The molecule has 0 saturated carbocycles. The molecule has 1 saturated heterocycles. The summed E-state index contributed by atoms with van der Waals surface area (Å²) in [5.74, 6) is 2.01. The van der Waals surface area contributed by atoms with E-state index in [0.717, 1.165) is 35.7 Å². The van der Waals surface area contributed by atoms with Crippen molar-refractivity contribution >= 4 is 33.6 Å². The zero-order valence-corrected chi connectivity index (χ0v) is 12.0. The number of hydrogen-bond donors (Lipinski definition) is 0. The summed E-state index contributed by atoms with van der Waals surface area (Å²) in [6.45, 7) is 6.61. The first-order valence-corrected chi connectivity index (χ1v) is 7.47. The van der Waals surface area contributed by atoms with Crippen LogP contribution < -0.4 is 4.90 Å². The van der Waals surface area contributed by atoms with E-state index >= 15 is 0 Å². The summed E-state index contributed by atoms with van der Waals surface area (Å²) in [5.41, 5.74) is 1.12. The smallest absolute Gasteiger partial charge is 0.225 e. The first kappa shape index (κ1) is 12.2. The fraction of sp³-hybridized carbons (Fsp3) is 0.636. The van der Waals surface area contributed by atoms with Gasteiger partial charge in [-0.25, -0.2) is 9.97 Å². The molecule has 0 unspecified atom stereocenters. The maximum Gasteiger partial charge on any atom is 0.225 e. The molecule has 16 heavy (non-hydrogen) atoms. The van der Waals surface area contributed by atoms with Gasteiger partial charge in [0, 0.05) is 41.3 Å². The number of halogens is 1. The second-order valence-electron chi connectivity index (χ2n) is 4.55. The molecule has 0 radical (unpaired) electrons. The molecule has 1 fully saturated rings. The van der Waals surface area contributed by atoms with Crippen molar-refractivity contribution in [2.45, 2.75) is 23.9 Å². The zero-order chi connectivity index (χ0) is 11.6. The number of aromatic nitrogens is 2. The van der Waals surface area contributed by atoms with E-state index in [9.17, 15) is 0 Å². The van der Waals surface area contributed by atoms with Gasteiger partial charge < -0.3 is 4.90 Å². The Balaban J connectivity index is 2.11. The van der Waals surface area contributed by atoms with Crippen LogP contribution in [-0.4, -0.2) is 33.6 Å². The van der Waals surface area contributed by atoms with Gasteiger partial charge in [0.25, 0.3) is 0 Å². The summed E-state index contributed by atoms with van der Waals surface area (Å²) in [7, 11) is 0. The van der Waals surface area contributed by atoms with Gasteiger partial charge in [-0.3, -0.25) is 0 Å². The lowest BCUT2D eigenvalue weighted by Crippen LogP contribution is -2.43. The molecule has 0 bridgehead atoms. The van der Waals surface area contributed by atoms with Crippen molar-refractivity contribution in [1.29, 1.82) is 0 Å². The SMILES string of the molecule is CC1(C)CN(c2ncc(CBr)cn2)CCS1. The van der Waals surface area contributed by atoms with E-state index in [4.69, 9.17) is 0 Å². The van der Waals surface area contributed by atoms with Crippen LogP contribution in [0.1, 0.15) is 19.4 Å². The van der Waals surface area contributed by atoms with Crippen molar-refractivity contribution in [3.63, 3.8) is 0 Å². The highest BCUT2D eigenvalue weighted by Crippen LogP contribution is 2.30. The fourth-order valence-corrected chi connectivity index (χ4v) is 3.17. The molecule has 1 aromatic rings. The van der Waals surface area contributed by atoms with Crippen LogP contribution in [-0.2, 0) is 5.33 Å². The van der Waals surface area contributed by atoms with Gasteiger partial charge in [-0.1, -0.05) is 15.9 Å². The summed E-state index contributed by atoms with van der Waals surface area (Å²) < 4.78 is 0.301. The second kappa shape index (κ2) is 4.92. The summed E-state index contributed by atoms with van der Waals surface area (Å²) in [5, 5.41) is 0.814. The minimum atomic E-state index is 0.301. The molecule has 0 aromatic carbocycles. The van der Waals surface area contributed by atoms with Crippen LogP contribution in [0.15, 0.2) is 12.4 Å². The van der Waals surface area contributed by atoms with Crippen LogP contribution in [0.2, 0.25) is 0 Å². The Morgan fingerprint density at radius 1 is 1.44 bits per heavy atom. The predicted octanol–water partition coefficient (Wildman–Crippen LogP) is 2.70. The zero-order valence-electron chi connectivity index (χ0n) is 9.61. The van der Waals surface area contributed by atoms with Gasteiger partial charge in [0.15, 0.2) is 0 Å². The van der Waals surface area contributed by atoms with Gasteiger partial charge in [0.05, 0.1) is 0 Å². The molecule has 0 spiro atoms. The highest BCUT2D eigenvalue weighted by Gasteiger charge is 2.28. The Bertz CT molecular complexity index is 353. The predicted molar refractivity (Wildman–Crippen MR) is 73.4 cm³/mol. The lowest BCUT2D eigenvalue weighted by Gasteiger charge is -2.37. The van der Waals surface area contributed by atoms with Gasteiger partial charge in [0.2, 0.25) is 5.95 Å². The third kappa shape index (κ3) is 2.88. The van der Waals surface area contributed by atoms with Crippen LogP contribution in [0.25, 0.3) is 0 Å². The Hall–Kier alpha value is -0.290. The number of anilines is 1. The normalized spacial score (nSPS) is 19.8. The van der Waals surface area contributed by atoms with Crippen LogP contribution in [0.3, 0.4) is 0 Å². The molecule has 88 valence electrons. The van der Waals surface area contributed by atoms with Crippen molar-refractivity contribution in [3.8, 4) is 0 Å². The maximum absolute atomic E-state index is 4.41. The number of hydrogen-bond acceptors (Lipinski definition) is 4. The minimum absolute atomic E-state index is 0.301. The number of nitrogens with zero attached hydrogens (tertiary/aromatic N) is 3. The summed E-state index contributed by atoms with van der Waals surface area (Å²) in [6.07, 6.45) is 3.79. The van der Waals surface area contributed by atoms with Crippen LogP contribution in [0.5, 0.6) is 0 Å². The molecule has 0 aliphatic carbocycles. The van der Waals surface area contributed by atoms with E-state index in [-0.39, 0.29) is 0 Å². The highest BCUT2D eigenvalue weighted by atomic mass is 79.9. The molecule has 1 aliphatic rings. The summed E-state index contributed by atoms with van der Waals surface area (Å²) >= 11 is 5.42. The largest absolute Gasteiger partial charge is 0.339 e. The molecule has 0 N–H and O–H groups in total. The monoisotopic (exact) mass is 301 g/mol. The van der Waals surface area contributed by atoms with Crippen molar-refractivity contribution in [1.82, 2.24) is 9.97 Å². The molecule has 5 heteroatoms. The second-order valence-corrected chi connectivity index (χ2v) is 6.92. The number of thioether (sulfide) groups is 1. The van der Waals surface area contributed by atoms with Gasteiger partial charge in [-0.05, 0) is 19.4 Å². The first-order valence-electron chi connectivity index (χ1n) is 5.36. The molecule has 1 aliphatic heterocycles. The van der Waals surface area contributed by atoms with Crippen LogP contribution in [0, 0.1) is 0 Å². The quantitative estimate of drug-likeness (QED) is 0.786. The van der Waals surface area contributed by atoms with E-state index in [0.29, 0.717) is 4.75 Å². The average Bonchev–Trinajstić information content (AvgIpc) is 2.28. The van der Waals surface area contributed by atoms with Crippen molar-refractivity contribution in [2.24, 2.45) is 0 Å². The molecule has 0 atom stereocenters. The molecular weight excluding hydrogens is 286 g/mol. The number of alkyl halides is 1. The maximum atomic E-state index is 4.41. The van der Waals surface area contributed by atoms with Gasteiger partial charge in [0.1, 0.15) is 0 Å². The average molecular weight is 302 g/mol. The van der Waals surface area contributed by atoms with Gasteiger partial charge >= 0.3 is 0 Å². The fourth-order valence-electron chi connectivity index (χ4n) is 1.77.